The number of rotatable bonds is 4. The van der Waals surface area contributed by atoms with Gasteiger partial charge in [-0.2, -0.15) is 13.2 Å². The predicted molar refractivity (Wildman–Crippen MR) is 121 cm³/mol. The van der Waals surface area contributed by atoms with E-state index in [4.69, 9.17) is 10.2 Å². The van der Waals surface area contributed by atoms with Crippen molar-refractivity contribution in [2.24, 2.45) is 5.73 Å². The molecule has 0 saturated heterocycles. The predicted octanol–water partition coefficient (Wildman–Crippen LogP) is 4.58. The molecule has 0 spiro atoms. The van der Waals surface area contributed by atoms with E-state index in [1.54, 1.807) is 49.4 Å². The van der Waals surface area contributed by atoms with Crippen LogP contribution in [0.4, 0.5) is 13.2 Å². The maximum absolute atomic E-state index is 13.1. The minimum atomic E-state index is -4.57. The van der Waals surface area contributed by atoms with E-state index < -0.39 is 29.4 Å². The Labute approximate surface area is 192 Å². The lowest BCUT2D eigenvalue weighted by molar-refractivity contribution is -0.141. The van der Waals surface area contributed by atoms with Gasteiger partial charge in [0.15, 0.2) is 0 Å². The molecule has 5 rings (SSSR count). The fourth-order valence-corrected chi connectivity index (χ4v) is 4.88. The molecule has 6 nitrogen and oxygen atoms in total. The van der Waals surface area contributed by atoms with E-state index >= 15 is 0 Å². The van der Waals surface area contributed by atoms with E-state index in [2.05, 4.69) is 4.98 Å². The van der Waals surface area contributed by atoms with Crippen molar-refractivity contribution in [1.82, 2.24) is 9.55 Å². The van der Waals surface area contributed by atoms with E-state index in [0.717, 1.165) is 11.9 Å². The smallest absolute Gasteiger partial charge is 0.406 e. The molecule has 0 unspecified atom stereocenters. The monoisotopic (exact) mass is 469 g/mol. The van der Waals surface area contributed by atoms with E-state index in [1.165, 1.54) is 0 Å². The molecule has 2 aromatic carbocycles. The lowest BCUT2D eigenvalue weighted by Gasteiger charge is -2.49. The lowest BCUT2D eigenvalue weighted by atomic mass is 9.63. The number of aliphatic hydroxyl groups is 1. The van der Waals surface area contributed by atoms with Gasteiger partial charge in [0.25, 0.3) is 5.56 Å². The van der Waals surface area contributed by atoms with Gasteiger partial charge in [-0.25, -0.2) is 4.98 Å². The summed E-state index contributed by atoms with van der Waals surface area (Å²) in [6.45, 7) is 0.298. The molecule has 0 radical (unpaired) electrons. The highest BCUT2D eigenvalue weighted by atomic mass is 19.4. The Balaban J connectivity index is 1.66. The molecule has 0 aliphatic heterocycles. The molecule has 9 heteroatoms. The van der Waals surface area contributed by atoms with Crippen molar-refractivity contribution in [1.29, 1.82) is 0 Å². The molecule has 1 saturated carbocycles. The minimum Gasteiger partial charge on any atom is -0.437 e. The van der Waals surface area contributed by atoms with Crippen LogP contribution < -0.4 is 11.3 Å². The molecule has 1 aliphatic carbocycles. The van der Waals surface area contributed by atoms with Crippen LogP contribution in [-0.2, 0) is 12.1 Å². The first-order chi connectivity index (χ1) is 16.0. The number of halogens is 3. The van der Waals surface area contributed by atoms with Crippen molar-refractivity contribution in [2.45, 2.75) is 43.6 Å². The summed E-state index contributed by atoms with van der Waals surface area (Å²) in [7, 11) is 0. The molecular formula is C25H22F3N3O3. The molecule has 176 valence electrons. The molecule has 2 heterocycles. The van der Waals surface area contributed by atoms with Gasteiger partial charge in [-0.05, 0) is 30.9 Å². The van der Waals surface area contributed by atoms with Gasteiger partial charge in [-0.3, -0.25) is 9.36 Å². The highest BCUT2D eigenvalue weighted by Gasteiger charge is 2.49. The average Bonchev–Trinajstić information content (AvgIpc) is 3.14. The largest absolute Gasteiger partial charge is 0.437 e. The van der Waals surface area contributed by atoms with Crippen LogP contribution in [0.2, 0.25) is 0 Å². The molecule has 0 amide bonds. The van der Waals surface area contributed by atoms with Crippen molar-refractivity contribution >= 4 is 11.1 Å². The Morgan fingerprint density at radius 1 is 1.09 bits per heavy atom. The Hall–Kier alpha value is -3.43. The van der Waals surface area contributed by atoms with Gasteiger partial charge in [0, 0.05) is 16.7 Å². The summed E-state index contributed by atoms with van der Waals surface area (Å²) >= 11 is 0. The molecule has 2 aromatic heterocycles. The number of alkyl halides is 3. The number of nitrogens with two attached hydrogens (primary N) is 1. The van der Waals surface area contributed by atoms with Crippen molar-refractivity contribution < 1.29 is 22.7 Å². The van der Waals surface area contributed by atoms with E-state index in [9.17, 15) is 23.1 Å². The van der Waals surface area contributed by atoms with E-state index in [0.29, 0.717) is 39.9 Å². The Bertz CT molecular complexity index is 1410. The number of furan rings is 1. The van der Waals surface area contributed by atoms with Crippen molar-refractivity contribution in [3.63, 3.8) is 0 Å². The average molecular weight is 469 g/mol. The second-order valence-corrected chi connectivity index (χ2v) is 9.23. The number of fused-ring (bicyclic) bond motifs is 1. The molecule has 34 heavy (non-hydrogen) atoms. The number of aromatic nitrogens is 2. The van der Waals surface area contributed by atoms with Gasteiger partial charge in [0.05, 0.1) is 5.60 Å². The SMILES string of the molecule is C[C@]1(O)C[C@](N)(c2ccc(-c3oc4ncn(CC(F)(F)F)c(=O)c4c3-c3ccccc3)cc2)C1. The van der Waals surface area contributed by atoms with Crippen molar-refractivity contribution in [3.8, 4) is 22.5 Å². The summed E-state index contributed by atoms with van der Waals surface area (Å²) in [5.41, 5.74) is 6.61. The third-order valence-electron chi connectivity index (χ3n) is 6.21. The van der Waals surface area contributed by atoms with Crippen LogP contribution >= 0.6 is 0 Å². The molecule has 3 N–H and O–H groups in total. The van der Waals surface area contributed by atoms with E-state index in [-0.39, 0.29) is 11.1 Å². The highest BCUT2D eigenvalue weighted by Crippen LogP contribution is 2.47. The number of benzene rings is 2. The second-order valence-electron chi connectivity index (χ2n) is 9.23. The normalized spacial score (nSPS) is 22.6. The summed E-state index contributed by atoms with van der Waals surface area (Å²) in [6.07, 6.45) is -2.85. The number of hydrogen-bond acceptors (Lipinski definition) is 5. The zero-order valence-electron chi connectivity index (χ0n) is 18.3. The molecule has 0 atom stereocenters. The fraction of sp³-hybridized carbons (Fsp3) is 0.280. The molecule has 0 bridgehead atoms. The van der Waals surface area contributed by atoms with Crippen LogP contribution in [0.1, 0.15) is 25.3 Å². The third-order valence-corrected chi connectivity index (χ3v) is 6.21. The van der Waals surface area contributed by atoms with Crippen LogP contribution in [-0.4, -0.2) is 26.4 Å². The summed E-state index contributed by atoms with van der Waals surface area (Å²) in [6, 6.07) is 16.1. The highest BCUT2D eigenvalue weighted by molar-refractivity contribution is 5.99. The second kappa shape index (κ2) is 7.54. The van der Waals surface area contributed by atoms with Gasteiger partial charge in [0.1, 0.15) is 24.0 Å². The Kier molecular flexibility index (Phi) is 4.96. The van der Waals surface area contributed by atoms with Gasteiger partial charge < -0.3 is 15.3 Å². The van der Waals surface area contributed by atoms with Crippen molar-refractivity contribution in [3.05, 3.63) is 76.8 Å². The molecule has 1 aliphatic rings. The quantitative estimate of drug-likeness (QED) is 0.456. The van der Waals surface area contributed by atoms with Gasteiger partial charge in [-0.15, -0.1) is 0 Å². The zero-order valence-corrected chi connectivity index (χ0v) is 18.3. The summed E-state index contributed by atoms with van der Waals surface area (Å²) in [5, 5.41) is 10.1. The minimum absolute atomic E-state index is 0.0117. The maximum atomic E-state index is 13.1. The zero-order chi connectivity index (χ0) is 24.3. The van der Waals surface area contributed by atoms with Crippen LogP contribution in [0.15, 0.2) is 70.1 Å². The van der Waals surface area contributed by atoms with Crippen LogP contribution in [0.3, 0.4) is 0 Å². The summed E-state index contributed by atoms with van der Waals surface area (Å²) < 4.78 is 45.5. The fourth-order valence-electron chi connectivity index (χ4n) is 4.88. The maximum Gasteiger partial charge on any atom is 0.406 e. The van der Waals surface area contributed by atoms with E-state index in [1.807, 2.05) is 12.1 Å². The van der Waals surface area contributed by atoms with Crippen LogP contribution in [0.25, 0.3) is 33.6 Å². The topological polar surface area (TPSA) is 94.3 Å². The number of hydrogen-bond donors (Lipinski definition) is 2. The van der Waals surface area contributed by atoms with Gasteiger partial charge >= 0.3 is 6.18 Å². The molecule has 1 fully saturated rings. The summed E-state index contributed by atoms with van der Waals surface area (Å²) in [4.78, 5) is 17.1. The molecular weight excluding hydrogens is 447 g/mol. The first-order valence-corrected chi connectivity index (χ1v) is 10.7. The standard InChI is InChI=1S/C25H22F3N3O3/c1-23(33)11-24(29,12-23)17-9-7-16(8-10-17)20-18(15-5-3-2-4-6-15)19-21(34-20)30-14-31(22(19)32)13-25(26,27)28/h2-10,14,33H,11-13,29H2,1H3/t23-,24+. The van der Waals surface area contributed by atoms with Gasteiger partial charge in [-0.1, -0.05) is 54.6 Å². The summed E-state index contributed by atoms with van der Waals surface area (Å²) in [5.74, 6) is 0.328. The first-order valence-electron chi connectivity index (χ1n) is 10.7. The molecule has 4 aromatic rings. The van der Waals surface area contributed by atoms with Crippen LogP contribution in [0, 0.1) is 0 Å². The number of nitrogens with zero attached hydrogens (tertiary/aromatic N) is 2. The van der Waals surface area contributed by atoms with Gasteiger partial charge in [0.2, 0.25) is 5.71 Å². The van der Waals surface area contributed by atoms with Crippen molar-refractivity contribution in [2.75, 3.05) is 0 Å². The lowest BCUT2D eigenvalue weighted by Crippen LogP contribution is -2.58. The third kappa shape index (κ3) is 3.91. The Morgan fingerprint density at radius 3 is 2.32 bits per heavy atom. The van der Waals surface area contributed by atoms with Crippen LogP contribution in [0.5, 0.6) is 0 Å². The Morgan fingerprint density at radius 2 is 1.74 bits per heavy atom. The first kappa shape index (κ1) is 22.4.